The fourth-order valence-corrected chi connectivity index (χ4v) is 4.31. The van der Waals surface area contributed by atoms with E-state index in [1.807, 2.05) is 41.3 Å². The lowest BCUT2D eigenvalue weighted by Gasteiger charge is -2.34. The van der Waals surface area contributed by atoms with Crippen LogP contribution in [0.5, 0.6) is 0 Å². The van der Waals surface area contributed by atoms with E-state index in [2.05, 4.69) is 25.0 Å². The van der Waals surface area contributed by atoms with Gasteiger partial charge in [0, 0.05) is 43.5 Å². The Balaban J connectivity index is 1.25. The summed E-state index contributed by atoms with van der Waals surface area (Å²) in [5.41, 5.74) is 2.38. The number of thiazole rings is 1. The highest BCUT2D eigenvalue weighted by molar-refractivity contribution is 7.21. The topological polar surface area (TPSA) is 88.3 Å². The van der Waals surface area contributed by atoms with E-state index in [-0.39, 0.29) is 5.91 Å². The lowest BCUT2D eigenvalue weighted by molar-refractivity contribution is 0.0747. The van der Waals surface area contributed by atoms with Crippen molar-refractivity contribution < 1.29 is 9.32 Å². The summed E-state index contributed by atoms with van der Waals surface area (Å²) in [7, 11) is 0. The predicted molar refractivity (Wildman–Crippen MR) is 110 cm³/mol. The second-order valence-electron chi connectivity index (χ2n) is 6.83. The number of pyridine rings is 1. The maximum absolute atomic E-state index is 12.9. The Bertz CT molecular complexity index is 1130. The third-order valence-corrected chi connectivity index (χ3v) is 5.94. The maximum atomic E-state index is 12.9. The van der Waals surface area contributed by atoms with E-state index in [1.165, 1.54) is 0 Å². The number of benzene rings is 1. The lowest BCUT2D eigenvalue weighted by atomic mass is 10.1. The zero-order valence-corrected chi connectivity index (χ0v) is 16.6. The first kappa shape index (κ1) is 17.7. The Hall–Kier alpha value is -3.33. The molecule has 0 saturated carbocycles. The molecule has 0 unspecified atom stereocenters. The highest BCUT2D eigenvalue weighted by Gasteiger charge is 2.24. The number of aromatic nitrogens is 4. The molecule has 29 heavy (non-hydrogen) atoms. The molecule has 0 aliphatic carbocycles. The molecule has 1 fully saturated rings. The van der Waals surface area contributed by atoms with Gasteiger partial charge in [-0.1, -0.05) is 16.5 Å². The van der Waals surface area contributed by atoms with Gasteiger partial charge in [-0.3, -0.25) is 4.79 Å². The highest BCUT2D eigenvalue weighted by atomic mass is 32.1. The van der Waals surface area contributed by atoms with Crippen LogP contribution in [0.3, 0.4) is 0 Å². The van der Waals surface area contributed by atoms with Crippen molar-refractivity contribution in [3.05, 3.63) is 54.0 Å². The number of carbonyl (C=O) groups is 1. The summed E-state index contributed by atoms with van der Waals surface area (Å²) in [4.78, 5) is 31.1. The van der Waals surface area contributed by atoms with Crippen LogP contribution < -0.4 is 4.90 Å². The number of aryl methyl sites for hydroxylation is 1. The zero-order valence-electron chi connectivity index (χ0n) is 15.8. The van der Waals surface area contributed by atoms with Crippen LogP contribution in [0.4, 0.5) is 5.13 Å². The fraction of sp³-hybridized carbons (Fsp3) is 0.250. The number of anilines is 1. The molecule has 3 aromatic heterocycles. The molecule has 1 aromatic carbocycles. The Labute approximate surface area is 170 Å². The first-order valence-electron chi connectivity index (χ1n) is 9.34. The number of carbonyl (C=O) groups excluding carboxylic acids is 1. The van der Waals surface area contributed by atoms with Crippen molar-refractivity contribution >= 4 is 32.7 Å². The van der Waals surface area contributed by atoms with Crippen molar-refractivity contribution in [2.45, 2.75) is 6.92 Å². The average Bonchev–Trinajstić information content (AvgIpc) is 3.40. The Morgan fingerprint density at radius 2 is 1.86 bits per heavy atom. The number of piperazine rings is 1. The normalized spacial score (nSPS) is 14.5. The van der Waals surface area contributed by atoms with Crippen molar-refractivity contribution in [3.63, 3.8) is 0 Å². The number of amides is 1. The van der Waals surface area contributed by atoms with Crippen LogP contribution in [-0.2, 0) is 0 Å². The third-order valence-electron chi connectivity index (χ3n) is 4.90. The Morgan fingerprint density at radius 1 is 1.07 bits per heavy atom. The van der Waals surface area contributed by atoms with E-state index in [9.17, 15) is 4.79 Å². The summed E-state index contributed by atoms with van der Waals surface area (Å²) in [6.45, 7) is 4.60. The molecule has 4 heterocycles. The summed E-state index contributed by atoms with van der Waals surface area (Å²) in [5, 5.41) is 4.76. The molecule has 5 rings (SSSR count). The standard InChI is InChI=1S/C20H18N6O2S/c1-13-22-17(28-24-13)14-4-6-15(7-5-14)19(27)25-9-11-26(12-10-25)20-23-16-3-2-8-21-18(16)29-20/h2-8H,9-12H2,1H3. The van der Waals surface area contributed by atoms with Gasteiger partial charge in [0.2, 0.25) is 0 Å². The number of hydrogen-bond acceptors (Lipinski definition) is 8. The quantitative estimate of drug-likeness (QED) is 0.517. The second-order valence-corrected chi connectivity index (χ2v) is 7.78. The monoisotopic (exact) mass is 406 g/mol. The second kappa shape index (κ2) is 7.25. The van der Waals surface area contributed by atoms with E-state index in [4.69, 9.17) is 4.52 Å². The largest absolute Gasteiger partial charge is 0.344 e. The van der Waals surface area contributed by atoms with Gasteiger partial charge in [-0.2, -0.15) is 4.98 Å². The predicted octanol–water partition coefficient (Wildman–Crippen LogP) is 3.01. The molecule has 8 nitrogen and oxygen atoms in total. The van der Waals surface area contributed by atoms with Crippen LogP contribution in [0.2, 0.25) is 0 Å². The van der Waals surface area contributed by atoms with E-state index in [1.54, 1.807) is 24.5 Å². The minimum atomic E-state index is 0.0314. The molecule has 1 saturated heterocycles. The summed E-state index contributed by atoms with van der Waals surface area (Å²) in [6, 6.07) is 11.2. The molecule has 0 radical (unpaired) electrons. The van der Waals surface area contributed by atoms with Crippen LogP contribution in [0.25, 0.3) is 21.8 Å². The summed E-state index contributed by atoms with van der Waals surface area (Å²) in [5.74, 6) is 1.08. The molecule has 0 atom stereocenters. The fourth-order valence-electron chi connectivity index (χ4n) is 3.35. The molecule has 1 aliphatic heterocycles. The number of rotatable bonds is 3. The Kier molecular flexibility index (Phi) is 4.44. The molecule has 9 heteroatoms. The minimum absolute atomic E-state index is 0.0314. The van der Waals surface area contributed by atoms with Crippen molar-refractivity contribution in [3.8, 4) is 11.5 Å². The molecule has 4 aromatic rings. The van der Waals surface area contributed by atoms with Crippen molar-refractivity contribution in [2.75, 3.05) is 31.1 Å². The number of fused-ring (bicyclic) bond motifs is 1. The third kappa shape index (κ3) is 3.44. The summed E-state index contributed by atoms with van der Waals surface area (Å²) < 4.78 is 5.17. The minimum Gasteiger partial charge on any atom is -0.344 e. The lowest BCUT2D eigenvalue weighted by Crippen LogP contribution is -2.48. The van der Waals surface area contributed by atoms with Gasteiger partial charge in [0.1, 0.15) is 10.3 Å². The zero-order chi connectivity index (χ0) is 19.8. The summed E-state index contributed by atoms with van der Waals surface area (Å²) in [6.07, 6.45) is 1.78. The van der Waals surface area contributed by atoms with Crippen LogP contribution in [0.15, 0.2) is 47.1 Å². The van der Waals surface area contributed by atoms with Gasteiger partial charge in [0.25, 0.3) is 11.8 Å². The van der Waals surface area contributed by atoms with Crippen LogP contribution in [0.1, 0.15) is 16.2 Å². The van der Waals surface area contributed by atoms with Crippen molar-refractivity contribution in [1.82, 2.24) is 25.0 Å². The van der Waals surface area contributed by atoms with Gasteiger partial charge >= 0.3 is 0 Å². The van der Waals surface area contributed by atoms with Gasteiger partial charge in [0.05, 0.1) is 0 Å². The smallest absolute Gasteiger partial charge is 0.257 e. The van der Waals surface area contributed by atoms with Crippen LogP contribution in [0, 0.1) is 6.92 Å². The van der Waals surface area contributed by atoms with E-state index >= 15 is 0 Å². The number of hydrogen-bond donors (Lipinski definition) is 0. The molecule has 146 valence electrons. The van der Waals surface area contributed by atoms with Crippen molar-refractivity contribution in [1.29, 1.82) is 0 Å². The maximum Gasteiger partial charge on any atom is 0.257 e. The van der Waals surface area contributed by atoms with Crippen LogP contribution >= 0.6 is 11.3 Å². The van der Waals surface area contributed by atoms with E-state index in [0.717, 1.165) is 34.1 Å². The summed E-state index contributed by atoms with van der Waals surface area (Å²) >= 11 is 1.59. The van der Waals surface area contributed by atoms with Gasteiger partial charge in [-0.25, -0.2) is 9.97 Å². The van der Waals surface area contributed by atoms with Crippen LogP contribution in [-0.4, -0.2) is 57.1 Å². The number of nitrogens with zero attached hydrogens (tertiary/aromatic N) is 6. The van der Waals surface area contributed by atoms with Gasteiger partial charge < -0.3 is 14.3 Å². The van der Waals surface area contributed by atoms with E-state index in [0.29, 0.717) is 30.4 Å². The molecule has 1 amide bonds. The molecular formula is C20H18N6O2S. The Morgan fingerprint density at radius 3 is 2.55 bits per heavy atom. The average molecular weight is 406 g/mol. The molecule has 1 aliphatic rings. The van der Waals surface area contributed by atoms with Crippen molar-refractivity contribution in [2.24, 2.45) is 0 Å². The highest BCUT2D eigenvalue weighted by Crippen LogP contribution is 2.28. The molecule has 0 spiro atoms. The van der Waals surface area contributed by atoms with Gasteiger partial charge in [-0.05, 0) is 43.3 Å². The SMILES string of the molecule is Cc1noc(-c2ccc(C(=O)N3CCN(c4nc5cccnc5s4)CC3)cc2)n1. The molecule has 0 N–H and O–H groups in total. The molecule has 0 bridgehead atoms. The first-order valence-corrected chi connectivity index (χ1v) is 10.2. The van der Waals surface area contributed by atoms with E-state index < -0.39 is 0 Å². The van der Waals surface area contributed by atoms with Gasteiger partial charge in [0.15, 0.2) is 11.0 Å². The molecular weight excluding hydrogens is 388 g/mol. The van der Waals surface area contributed by atoms with Gasteiger partial charge in [-0.15, -0.1) is 0 Å². The first-order chi connectivity index (χ1) is 14.2.